The van der Waals surface area contributed by atoms with E-state index in [1.807, 2.05) is 0 Å². The van der Waals surface area contributed by atoms with Crippen molar-refractivity contribution < 1.29 is 17.2 Å². The van der Waals surface area contributed by atoms with Gasteiger partial charge in [-0.25, -0.2) is 21.9 Å². The number of benzene rings is 1. The highest BCUT2D eigenvalue weighted by atomic mass is 32.2. The van der Waals surface area contributed by atoms with E-state index in [4.69, 9.17) is 0 Å². The zero-order chi connectivity index (χ0) is 13.2. The van der Waals surface area contributed by atoms with Crippen molar-refractivity contribution in [1.82, 2.24) is 10.0 Å². The quantitative estimate of drug-likeness (QED) is 0.866. The third kappa shape index (κ3) is 3.04. The minimum Gasteiger partial charge on any atom is -0.315 e. The van der Waals surface area contributed by atoms with Gasteiger partial charge >= 0.3 is 0 Å². The number of piperidine rings is 1. The fraction of sp³-hybridized carbons (Fsp3) is 0.455. The van der Waals surface area contributed by atoms with Gasteiger partial charge in [0.25, 0.3) is 0 Å². The Morgan fingerprint density at radius 1 is 1.33 bits per heavy atom. The predicted molar refractivity (Wildman–Crippen MR) is 62.6 cm³/mol. The van der Waals surface area contributed by atoms with E-state index >= 15 is 0 Å². The molecule has 1 aliphatic heterocycles. The summed E-state index contributed by atoms with van der Waals surface area (Å²) < 4.78 is 52.6. The fourth-order valence-electron chi connectivity index (χ4n) is 1.92. The fourth-order valence-corrected chi connectivity index (χ4v) is 3.28. The molecular formula is C11H14F2N2O2S. The van der Waals surface area contributed by atoms with Crippen LogP contribution in [0.1, 0.15) is 12.8 Å². The Bertz CT molecular complexity index is 528. The van der Waals surface area contributed by atoms with Crippen molar-refractivity contribution in [1.29, 1.82) is 0 Å². The van der Waals surface area contributed by atoms with Crippen LogP contribution in [0.4, 0.5) is 8.78 Å². The summed E-state index contributed by atoms with van der Waals surface area (Å²) in [4.78, 5) is -0.645. The van der Waals surface area contributed by atoms with Crippen molar-refractivity contribution in [2.45, 2.75) is 23.8 Å². The van der Waals surface area contributed by atoms with Crippen LogP contribution in [-0.4, -0.2) is 27.5 Å². The molecule has 4 nitrogen and oxygen atoms in total. The molecule has 0 radical (unpaired) electrons. The summed E-state index contributed by atoms with van der Waals surface area (Å²) in [5.41, 5.74) is 0. The van der Waals surface area contributed by atoms with Crippen molar-refractivity contribution in [3.8, 4) is 0 Å². The van der Waals surface area contributed by atoms with Gasteiger partial charge in [0, 0.05) is 12.6 Å². The molecule has 0 unspecified atom stereocenters. The third-order valence-corrected chi connectivity index (χ3v) is 4.34. The number of sulfonamides is 1. The van der Waals surface area contributed by atoms with Gasteiger partial charge in [-0.05, 0) is 37.6 Å². The molecule has 1 aromatic rings. The summed E-state index contributed by atoms with van der Waals surface area (Å²) in [5.74, 6) is -1.73. The van der Waals surface area contributed by atoms with Crippen LogP contribution in [0.15, 0.2) is 23.1 Å². The molecule has 1 aliphatic rings. The summed E-state index contributed by atoms with van der Waals surface area (Å²) in [6, 6.07) is 2.10. The van der Waals surface area contributed by atoms with Crippen molar-refractivity contribution in [3.05, 3.63) is 29.8 Å². The maximum absolute atomic E-state index is 13.4. The molecule has 0 spiro atoms. The molecule has 1 heterocycles. The molecule has 1 atom stereocenters. The second-order valence-corrected chi connectivity index (χ2v) is 5.92. The van der Waals surface area contributed by atoms with E-state index in [1.165, 1.54) is 0 Å². The lowest BCUT2D eigenvalue weighted by atomic mass is 10.1. The Labute approximate surface area is 104 Å². The molecule has 0 aliphatic carbocycles. The standard InChI is InChI=1S/C11H14F2N2O2S/c12-8-3-4-10(13)11(6-8)18(16,17)15-9-2-1-5-14-7-9/h3-4,6,9,14-15H,1-2,5,7H2/t9-/m0/s1. The zero-order valence-electron chi connectivity index (χ0n) is 9.62. The number of halogens is 2. The van der Waals surface area contributed by atoms with Gasteiger partial charge in [0.1, 0.15) is 16.5 Å². The van der Waals surface area contributed by atoms with E-state index in [-0.39, 0.29) is 6.04 Å². The van der Waals surface area contributed by atoms with Gasteiger partial charge < -0.3 is 5.32 Å². The van der Waals surface area contributed by atoms with Gasteiger partial charge in [0.2, 0.25) is 10.0 Å². The van der Waals surface area contributed by atoms with Crippen molar-refractivity contribution >= 4 is 10.0 Å². The highest BCUT2D eigenvalue weighted by molar-refractivity contribution is 7.89. The van der Waals surface area contributed by atoms with Crippen LogP contribution in [0, 0.1) is 11.6 Å². The van der Waals surface area contributed by atoms with Crippen LogP contribution in [0.5, 0.6) is 0 Å². The van der Waals surface area contributed by atoms with Crippen LogP contribution >= 0.6 is 0 Å². The smallest absolute Gasteiger partial charge is 0.243 e. The van der Waals surface area contributed by atoms with Crippen molar-refractivity contribution in [2.24, 2.45) is 0 Å². The van der Waals surface area contributed by atoms with Gasteiger partial charge in [-0.3, -0.25) is 0 Å². The largest absolute Gasteiger partial charge is 0.315 e. The lowest BCUT2D eigenvalue weighted by molar-refractivity contribution is 0.427. The summed E-state index contributed by atoms with van der Waals surface area (Å²) >= 11 is 0. The van der Waals surface area contributed by atoms with Gasteiger partial charge in [-0.2, -0.15) is 0 Å². The molecule has 100 valence electrons. The zero-order valence-corrected chi connectivity index (χ0v) is 10.4. The molecule has 1 fully saturated rings. The molecule has 2 N–H and O–H groups in total. The summed E-state index contributed by atoms with van der Waals surface area (Å²) in [5, 5.41) is 3.04. The highest BCUT2D eigenvalue weighted by Crippen LogP contribution is 2.17. The first kappa shape index (κ1) is 13.4. The maximum atomic E-state index is 13.4. The minimum atomic E-state index is -4.02. The first-order valence-corrected chi connectivity index (χ1v) is 7.15. The minimum absolute atomic E-state index is 0.286. The van der Waals surface area contributed by atoms with Crippen LogP contribution in [-0.2, 0) is 10.0 Å². The van der Waals surface area contributed by atoms with Gasteiger partial charge in [-0.15, -0.1) is 0 Å². The maximum Gasteiger partial charge on any atom is 0.243 e. The molecule has 7 heteroatoms. The summed E-state index contributed by atoms with van der Waals surface area (Å²) in [6.07, 6.45) is 1.53. The van der Waals surface area contributed by atoms with Crippen LogP contribution in [0.3, 0.4) is 0 Å². The van der Waals surface area contributed by atoms with Crippen molar-refractivity contribution in [3.63, 3.8) is 0 Å². The van der Waals surface area contributed by atoms with Crippen LogP contribution in [0.2, 0.25) is 0 Å². The third-order valence-electron chi connectivity index (χ3n) is 2.80. The predicted octanol–water partition coefficient (Wildman–Crippen LogP) is 0.995. The first-order chi connectivity index (χ1) is 8.49. The molecular weight excluding hydrogens is 262 g/mol. The average molecular weight is 276 g/mol. The van der Waals surface area contributed by atoms with Crippen molar-refractivity contribution in [2.75, 3.05) is 13.1 Å². The summed E-state index contributed by atoms with van der Waals surface area (Å²) in [7, 11) is -4.02. The normalized spacial score (nSPS) is 20.9. The molecule has 0 aromatic heterocycles. The molecule has 0 bridgehead atoms. The number of rotatable bonds is 3. The van der Waals surface area contributed by atoms with E-state index in [9.17, 15) is 17.2 Å². The Kier molecular flexibility index (Phi) is 3.94. The Hall–Kier alpha value is -1.05. The molecule has 1 aromatic carbocycles. The summed E-state index contributed by atoms with van der Waals surface area (Å²) in [6.45, 7) is 1.34. The Morgan fingerprint density at radius 3 is 2.78 bits per heavy atom. The van der Waals surface area contributed by atoms with Gasteiger partial charge in [0.05, 0.1) is 0 Å². The molecule has 0 saturated carbocycles. The number of nitrogens with one attached hydrogen (secondary N) is 2. The van der Waals surface area contributed by atoms with E-state index in [1.54, 1.807) is 0 Å². The first-order valence-electron chi connectivity index (χ1n) is 5.67. The molecule has 1 saturated heterocycles. The Balaban J connectivity index is 2.21. The topological polar surface area (TPSA) is 58.2 Å². The number of hydrogen-bond acceptors (Lipinski definition) is 3. The molecule has 18 heavy (non-hydrogen) atoms. The van der Waals surface area contributed by atoms with Gasteiger partial charge in [-0.1, -0.05) is 0 Å². The van der Waals surface area contributed by atoms with E-state index in [0.717, 1.165) is 25.1 Å². The van der Waals surface area contributed by atoms with Crippen LogP contribution < -0.4 is 10.0 Å². The molecule has 0 amide bonds. The second-order valence-electron chi connectivity index (χ2n) is 4.24. The van der Waals surface area contributed by atoms with E-state index in [0.29, 0.717) is 19.0 Å². The average Bonchev–Trinajstić information content (AvgIpc) is 2.33. The Morgan fingerprint density at radius 2 is 2.11 bits per heavy atom. The van der Waals surface area contributed by atoms with Crippen LogP contribution in [0.25, 0.3) is 0 Å². The lowest BCUT2D eigenvalue weighted by Crippen LogP contribution is -2.45. The monoisotopic (exact) mass is 276 g/mol. The lowest BCUT2D eigenvalue weighted by Gasteiger charge is -2.23. The van der Waals surface area contributed by atoms with E-state index in [2.05, 4.69) is 10.0 Å². The SMILES string of the molecule is O=S(=O)(N[C@H]1CCCNC1)c1cc(F)ccc1F. The molecule has 2 rings (SSSR count). The van der Waals surface area contributed by atoms with Gasteiger partial charge in [0.15, 0.2) is 0 Å². The van der Waals surface area contributed by atoms with E-state index < -0.39 is 26.6 Å². The number of hydrogen-bond donors (Lipinski definition) is 2. The highest BCUT2D eigenvalue weighted by Gasteiger charge is 2.24. The second kappa shape index (κ2) is 5.29.